The number of aryl methyl sites for hydroxylation is 1. The summed E-state index contributed by atoms with van der Waals surface area (Å²) >= 11 is 0. The summed E-state index contributed by atoms with van der Waals surface area (Å²) in [6.07, 6.45) is 6.87. The SMILES string of the molecule is Cc1nc2cnc(-c3ccc(N4CCC(C(=O)O)CC4)nc3)cn2c1Cc1ccccc1OC(F)F. The lowest BCUT2D eigenvalue weighted by Gasteiger charge is -2.31. The first-order valence-electron chi connectivity index (χ1n) is 11.7. The van der Waals surface area contributed by atoms with Gasteiger partial charge in [-0.3, -0.25) is 14.2 Å². The van der Waals surface area contributed by atoms with Crippen LogP contribution in [0, 0.1) is 12.8 Å². The number of aliphatic carboxylic acids is 1. The van der Waals surface area contributed by atoms with Crippen LogP contribution >= 0.6 is 0 Å². The Kier molecular flexibility index (Phi) is 6.49. The predicted molar refractivity (Wildman–Crippen MR) is 129 cm³/mol. The molecular weight excluding hydrogens is 468 g/mol. The number of carbonyl (C=O) groups is 1. The van der Waals surface area contributed by atoms with E-state index >= 15 is 0 Å². The van der Waals surface area contributed by atoms with Crippen molar-refractivity contribution in [3.63, 3.8) is 0 Å². The van der Waals surface area contributed by atoms with E-state index in [4.69, 9.17) is 4.74 Å². The molecule has 36 heavy (non-hydrogen) atoms. The zero-order valence-corrected chi connectivity index (χ0v) is 19.6. The van der Waals surface area contributed by atoms with Gasteiger partial charge in [0.2, 0.25) is 0 Å². The third kappa shape index (κ3) is 4.84. The zero-order valence-electron chi connectivity index (χ0n) is 19.6. The number of para-hydroxylation sites is 1. The molecule has 0 spiro atoms. The number of benzene rings is 1. The lowest BCUT2D eigenvalue weighted by atomic mass is 9.97. The molecule has 1 aliphatic heterocycles. The van der Waals surface area contributed by atoms with Gasteiger partial charge in [-0.1, -0.05) is 18.2 Å². The minimum absolute atomic E-state index is 0.142. The molecule has 1 fully saturated rings. The third-order valence-corrected chi connectivity index (χ3v) is 6.57. The van der Waals surface area contributed by atoms with Gasteiger partial charge in [0.1, 0.15) is 11.6 Å². The van der Waals surface area contributed by atoms with Crippen molar-refractivity contribution in [3.05, 3.63) is 71.9 Å². The molecule has 0 atom stereocenters. The molecule has 0 aliphatic carbocycles. The Morgan fingerprint density at radius 2 is 1.92 bits per heavy atom. The molecule has 1 aliphatic rings. The minimum atomic E-state index is -2.90. The van der Waals surface area contributed by atoms with Gasteiger partial charge in [-0.25, -0.2) is 9.97 Å². The largest absolute Gasteiger partial charge is 0.481 e. The molecule has 5 rings (SSSR count). The summed E-state index contributed by atoms with van der Waals surface area (Å²) in [4.78, 5) is 27.0. The van der Waals surface area contributed by atoms with Crippen LogP contribution in [0.3, 0.4) is 0 Å². The second kappa shape index (κ2) is 9.88. The first-order chi connectivity index (χ1) is 17.4. The topological polar surface area (TPSA) is 92.9 Å². The highest BCUT2D eigenvalue weighted by atomic mass is 19.3. The van der Waals surface area contributed by atoms with E-state index in [1.54, 1.807) is 30.6 Å². The second-order valence-corrected chi connectivity index (χ2v) is 8.81. The molecule has 1 saturated heterocycles. The quantitative estimate of drug-likeness (QED) is 0.402. The van der Waals surface area contributed by atoms with Crippen molar-refractivity contribution in [1.82, 2.24) is 19.4 Å². The van der Waals surface area contributed by atoms with Crippen molar-refractivity contribution in [3.8, 4) is 17.0 Å². The number of nitrogens with zero attached hydrogens (tertiary/aromatic N) is 5. The van der Waals surface area contributed by atoms with E-state index in [0.717, 1.165) is 22.8 Å². The van der Waals surface area contributed by atoms with Gasteiger partial charge < -0.3 is 14.7 Å². The number of pyridine rings is 1. The van der Waals surface area contributed by atoms with Gasteiger partial charge in [-0.15, -0.1) is 0 Å². The van der Waals surface area contributed by atoms with Crippen LogP contribution in [0.2, 0.25) is 0 Å². The van der Waals surface area contributed by atoms with Gasteiger partial charge in [-0.05, 0) is 38.0 Å². The Morgan fingerprint density at radius 1 is 1.14 bits per heavy atom. The lowest BCUT2D eigenvalue weighted by Crippen LogP contribution is -2.36. The number of alkyl halides is 2. The summed E-state index contributed by atoms with van der Waals surface area (Å²) in [5.41, 5.74) is 4.44. The molecule has 0 saturated carbocycles. The minimum Gasteiger partial charge on any atom is -0.481 e. The van der Waals surface area contributed by atoms with Crippen molar-refractivity contribution in [2.45, 2.75) is 32.8 Å². The van der Waals surface area contributed by atoms with Crippen LogP contribution in [0.15, 0.2) is 55.0 Å². The van der Waals surface area contributed by atoms with E-state index in [-0.39, 0.29) is 11.7 Å². The molecular formula is C26H25F2N5O3. The average Bonchev–Trinajstić information content (AvgIpc) is 3.19. The smallest absolute Gasteiger partial charge is 0.387 e. The van der Waals surface area contributed by atoms with Crippen molar-refractivity contribution < 1.29 is 23.4 Å². The van der Waals surface area contributed by atoms with Gasteiger partial charge in [0.05, 0.1) is 29.2 Å². The van der Waals surface area contributed by atoms with Crippen molar-refractivity contribution in [1.29, 1.82) is 0 Å². The highest BCUT2D eigenvalue weighted by molar-refractivity contribution is 5.70. The van der Waals surface area contributed by atoms with Crippen LogP contribution in [0.25, 0.3) is 16.9 Å². The maximum absolute atomic E-state index is 12.9. The second-order valence-electron chi connectivity index (χ2n) is 8.81. The van der Waals surface area contributed by atoms with E-state index in [0.29, 0.717) is 49.3 Å². The molecule has 0 amide bonds. The number of anilines is 1. The van der Waals surface area contributed by atoms with Crippen LogP contribution < -0.4 is 9.64 Å². The fraction of sp³-hybridized carbons (Fsp3) is 0.308. The van der Waals surface area contributed by atoms with Gasteiger partial charge in [0, 0.05) is 43.0 Å². The number of hydrogen-bond donors (Lipinski definition) is 1. The maximum Gasteiger partial charge on any atom is 0.387 e. The highest BCUT2D eigenvalue weighted by Crippen LogP contribution is 2.27. The molecule has 4 aromatic rings. The molecule has 1 aromatic carbocycles. The molecule has 1 N–H and O–H groups in total. The van der Waals surface area contributed by atoms with Gasteiger partial charge >= 0.3 is 12.6 Å². The Labute approximate surface area is 206 Å². The normalized spacial score (nSPS) is 14.5. The number of rotatable bonds is 7. The molecule has 3 aromatic heterocycles. The van der Waals surface area contributed by atoms with E-state index in [1.165, 1.54) is 6.07 Å². The Balaban J connectivity index is 1.40. The highest BCUT2D eigenvalue weighted by Gasteiger charge is 2.25. The van der Waals surface area contributed by atoms with Crippen LogP contribution in [-0.4, -0.2) is 50.1 Å². The Bertz CT molecular complexity index is 1380. The van der Waals surface area contributed by atoms with Gasteiger partial charge in [0.25, 0.3) is 0 Å². The van der Waals surface area contributed by atoms with Crippen molar-refractivity contribution in [2.24, 2.45) is 5.92 Å². The lowest BCUT2D eigenvalue weighted by molar-refractivity contribution is -0.142. The van der Waals surface area contributed by atoms with Gasteiger partial charge in [-0.2, -0.15) is 8.78 Å². The van der Waals surface area contributed by atoms with E-state index in [9.17, 15) is 18.7 Å². The zero-order chi connectivity index (χ0) is 25.2. The fourth-order valence-corrected chi connectivity index (χ4v) is 4.60. The molecule has 10 heteroatoms. The Morgan fingerprint density at radius 3 is 2.61 bits per heavy atom. The number of hydrogen-bond acceptors (Lipinski definition) is 6. The third-order valence-electron chi connectivity index (χ3n) is 6.57. The number of carboxylic acids is 1. The van der Waals surface area contributed by atoms with Crippen molar-refractivity contribution >= 4 is 17.4 Å². The summed E-state index contributed by atoms with van der Waals surface area (Å²) in [7, 11) is 0. The molecule has 0 bridgehead atoms. The number of imidazole rings is 1. The van der Waals surface area contributed by atoms with Crippen LogP contribution in [-0.2, 0) is 11.2 Å². The van der Waals surface area contributed by atoms with E-state index < -0.39 is 12.6 Å². The van der Waals surface area contributed by atoms with Crippen LogP contribution in [0.1, 0.15) is 29.8 Å². The number of halogens is 2. The monoisotopic (exact) mass is 493 g/mol. The molecule has 8 nitrogen and oxygen atoms in total. The standard InChI is InChI=1S/C26H25F2N5O3/c1-16-21(12-18-4-2-3-5-22(18)36-26(27)28)33-15-20(29-14-24(33)31-16)19-6-7-23(30-13-19)32-10-8-17(9-11-32)25(34)35/h2-7,13-15,17,26H,8-12H2,1H3,(H,34,35). The van der Waals surface area contributed by atoms with Crippen LogP contribution in [0.5, 0.6) is 5.75 Å². The average molecular weight is 494 g/mol. The number of carboxylic acid groups (broad SMARTS) is 1. The fourth-order valence-electron chi connectivity index (χ4n) is 4.60. The Hall–Kier alpha value is -4.08. The summed E-state index contributed by atoms with van der Waals surface area (Å²) < 4.78 is 32.4. The summed E-state index contributed by atoms with van der Waals surface area (Å²) in [6, 6.07) is 10.6. The maximum atomic E-state index is 12.9. The summed E-state index contributed by atoms with van der Waals surface area (Å²) in [6.45, 7) is 0.288. The van der Waals surface area contributed by atoms with Crippen molar-refractivity contribution in [2.75, 3.05) is 18.0 Å². The summed E-state index contributed by atoms with van der Waals surface area (Å²) in [5, 5.41) is 9.20. The molecule has 0 radical (unpaired) electrons. The van der Waals surface area contributed by atoms with Gasteiger partial charge in [0.15, 0.2) is 5.65 Å². The molecule has 0 unspecified atom stereocenters. The predicted octanol–water partition coefficient (Wildman–Crippen LogP) is 4.59. The number of fused-ring (bicyclic) bond motifs is 1. The number of piperidine rings is 1. The first kappa shape index (κ1) is 23.7. The molecule has 186 valence electrons. The van der Waals surface area contributed by atoms with Crippen LogP contribution in [0.4, 0.5) is 14.6 Å². The number of ether oxygens (including phenoxy) is 1. The first-order valence-corrected chi connectivity index (χ1v) is 11.7. The van der Waals surface area contributed by atoms with E-state index in [1.807, 2.05) is 29.7 Å². The van der Waals surface area contributed by atoms with E-state index in [2.05, 4.69) is 19.9 Å². The molecule has 4 heterocycles. The number of aromatic nitrogens is 4. The summed E-state index contributed by atoms with van der Waals surface area (Å²) in [5.74, 6) is -0.0847.